The van der Waals surface area contributed by atoms with E-state index in [1.165, 1.54) is 37.1 Å². The van der Waals surface area contributed by atoms with Gasteiger partial charge in [-0.3, -0.25) is 9.52 Å². The highest BCUT2D eigenvalue weighted by Crippen LogP contribution is 2.24. The Morgan fingerprint density at radius 2 is 1.75 bits per heavy atom. The second-order valence-corrected chi connectivity index (χ2v) is 9.08. The number of carbonyl (C=O) groups is 1. The lowest BCUT2D eigenvalue weighted by Gasteiger charge is -2.15. The van der Waals surface area contributed by atoms with E-state index in [1.54, 1.807) is 12.1 Å². The third-order valence-electron chi connectivity index (χ3n) is 5.11. The van der Waals surface area contributed by atoms with E-state index in [9.17, 15) is 13.2 Å². The second kappa shape index (κ2) is 8.32. The number of hydrogen-bond acceptors (Lipinski definition) is 4. The van der Waals surface area contributed by atoms with Gasteiger partial charge in [-0.2, -0.15) is 0 Å². The molecule has 6 nitrogen and oxygen atoms in total. The zero-order valence-corrected chi connectivity index (χ0v) is 17.3. The molecule has 1 aliphatic rings. The van der Waals surface area contributed by atoms with Crippen LogP contribution < -0.4 is 10.0 Å². The molecular weight excluding hydrogens is 374 g/mol. The Morgan fingerprint density at radius 3 is 2.36 bits per heavy atom. The normalized spacial score (nSPS) is 14.1. The molecule has 7 heteroatoms. The van der Waals surface area contributed by atoms with Crippen LogP contribution >= 0.6 is 0 Å². The lowest BCUT2D eigenvalue weighted by molar-refractivity contribution is 0.0949. The average Bonchev–Trinajstić information content (AvgIpc) is 3.50. The maximum absolute atomic E-state index is 12.6. The molecule has 2 N–H and O–H groups in total. The van der Waals surface area contributed by atoms with Crippen molar-refractivity contribution in [3.05, 3.63) is 59.2 Å². The van der Waals surface area contributed by atoms with Crippen LogP contribution in [0.2, 0.25) is 0 Å². The lowest BCUT2D eigenvalue weighted by atomic mass is 10.1. The van der Waals surface area contributed by atoms with Crippen molar-refractivity contribution >= 4 is 21.6 Å². The molecule has 0 bridgehead atoms. The molecule has 1 aliphatic carbocycles. The van der Waals surface area contributed by atoms with Gasteiger partial charge in [-0.05, 0) is 81.3 Å². The maximum Gasteiger partial charge on any atom is 0.261 e. The summed E-state index contributed by atoms with van der Waals surface area (Å²) in [5.74, 6) is -0.199. The molecule has 1 fully saturated rings. The van der Waals surface area contributed by atoms with Crippen LogP contribution in [0, 0.1) is 13.8 Å². The molecule has 0 atom stereocenters. The summed E-state index contributed by atoms with van der Waals surface area (Å²) < 4.78 is 27.7. The molecule has 0 heterocycles. The molecule has 3 rings (SSSR count). The van der Waals surface area contributed by atoms with Crippen molar-refractivity contribution in [2.75, 3.05) is 24.9 Å². The van der Waals surface area contributed by atoms with E-state index in [0.717, 1.165) is 17.7 Å². The van der Waals surface area contributed by atoms with E-state index >= 15 is 0 Å². The minimum Gasteiger partial charge on any atom is -0.351 e. The second-order valence-electron chi connectivity index (χ2n) is 7.40. The zero-order chi connectivity index (χ0) is 20.3. The van der Waals surface area contributed by atoms with Crippen LogP contribution in [0.5, 0.6) is 0 Å². The summed E-state index contributed by atoms with van der Waals surface area (Å²) in [6, 6.07) is 12.0. The van der Waals surface area contributed by atoms with E-state index in [4.69, 9.17) is 0 Å². The number of nitrogens with zero attached hydrogens (tertiary/aromatic N) is 1. The van der Waals surface area contributed by atoms with Crippen LogP contribution in [-0.2, 0) is 10.0 Å². The summed E-state index contributed by atoms with van der Waals surface area (Å²) in [7, 11) is -1.64. The predicted molar refractivity (Wildman–Crippen MR) is 111 cm³/mol. The summed E-state index contributed by atoms with van der Waals surface area (Å²) in [5, 5.41) is 2.88. The number of sulfonamides is 1. The van der Waals surface area contributed by atoms with E-state index in [0.29, 0.717) is 23.8 Å². The topological polar surface area (TPSA) is 78.5 Å². The van der Waals surface area contributed by atoms with Gasteiger partial charge in [0.25, 0.3) is 15.9 Å². The molecule has 0 saturated heterocycles. The summed E-state index contributed by atoms with van der Waals surface area (Å²) in [6.07, 6.45) is 2.47. The third-order valence-corrected chi connectivity index (χ3v) is 6.50. The number of benzene rings is 2. The SMILES string of the molecule is Cc1ccc(NS(=O)(=O)c2ccc(C(=O)NCCN(C)C3CC3)cc2)cc1C. The van der Waals surface area contributed by atoms with Crippen LogP contribution in [0.4, 0.5) is 5.69 Å². The molecular formula is C21H27N3O3S. The number of anilines is 1. The van der Waals surface area contributed by atoms with Gasteiger partial charge in [0.15, 0.2) is 0 Å². The first-order valence-electron chi connectivity index (χ1n) is 9.45. The van der Waals surface area contributed by atoms with Crippen molar-refractivity contribution < 1.29 is 13.2 Å². The van der Waals surface area contributed by atoms with Crippen LogP contribution in [0.25, 0.3) is 0 Å². The Hall–Kier alpha value is -2.38. The third kappa shape index (κ3) is 5.11. The number of nitrogens with one attached hydrogen (secondary N) is 2. The van der Waals surface area contributed by atoms with Crippen LogP contribution in [0.15, 0.2) is 47.4 Å². The first-order valence-corrected chi connectivity index (χ1v) is 10.9. The predicted octanol–water partition coefficient (Wildman–Crippen LogP) is 2.93. The number of carbonyl (C=O) groups excluding carboxylic acids is 1. The first-order chi connectivity index (χ1) is 13.3. The Balaban J connectivity index is 1.60. The van der Waals surface area contributed by atoms with E-state index < -0.39 is 10.0 Å². The van der Waals surface area contributed by atoms with Crippen molar-refractivity contribution in [1.29, 1.82) is 0 Å². The Morgan fingerprint density at radius 1 is 1.07 bits per heavy atom. The Labute approximate surface area is 167 Å². The number of aryl methyl sites for hydroxylation is 2. The highest BCUT2D eigenvalue weighted by Gasteiger charge is 2.25. The van der Waals surface area contributed by atoms with Crippen molar-refractivity contribution in [2.24, 2.45) is 0 Å². The van der Waals surface area contributed by atoms with Gasteiger partial charge in [0, 0.05) is 30.4 Å². The fourth-order valence-corrected chi connectivity index (χ4v) is 4.00. The minimum absolute atomic E-state index is 0.121. The monoisotopic (exact) mass is 401 g/mol. The van der Waals surface area contributed by atoms with Gasteiger partial charge in [0.2, 0.25) is 0 Å². The molecule has 0 aliphatic heterocycles. The Bertz CT molecular complexity index is 951. The smallest absolute Gasteiger partial charge is 0.261 e. The zero-order valence-electron chi connectivity index (χ0n) is 16.5. The molecule has 2 aromatic rings. The molecule has 28 heavy (non-hydrogen) atoms. The molecule has 0 aromatic heterocycles. The largest absolute Gasteiger partial charge is 0.351 e. The van der Waals surface area contributed by atoms with Gasteiger partial charge in [-0.25, -0.2) is 8.42 Å². The minimum atomic E-state index is -3.70. The van der Waals surface area contributed by atoms with Gasteiger partial charge < -0.3 is 10.2 Å². The van der Waals surface area contributed by atoms with Gasteiger partial charge in [0.1, 0.15) is 0 Å². The van der Waals surface area contributed by atoms with Crippen molar-refractivity contribution in [3.8, 4) is 0 Å². The summed E-state index contributed by atoms with van der Waals surface area (Å²) >= 11 is 0. The van der Waals surface area contributed by atoms with Crippen LogP contribution in [0.3, 0.4) is 0 Å². The maximum atomic E-state index is 12.6. The molecule has 0 radical (unpaired) electrons. The Kier molecular flexibility index (Phi) is 6.05. The van der Waals surface area contributed by atoms with Crippen LogP contribution in [0.1, 0.15) is 34.3 Å². The fraction of sp³-hybridized carbons (Fsp3) is 0.381. The highest BCUT2D eigenvalue weighted by atomic mass is 32.2. The fourth-order valence-electron chi connectivity index (χ4n) is 2.95. The van der Waals surface area contributed by atoms with Crippen molar-refractivity contribution in [3.63, 3.8) is 0 Å². The number of amides is 1. The molecule has 0 spiro atoms. The molecule has 1 amide bonds. The summed E-state index contributed by atoms with van der Waals surface area (Å²) in [4.78, 5) is 14.6. The summed E-state index contributed by atoms with van der Waals surface area (Å²) in [5.41, 5.74) is 3.07. The van der Waals surface area contributed by atoms with Gasteiger partial charge in [-0.1, -0.05) is 6.07 Å². The molecule has 150 valence electrons. The number of likely N-dealkylation sites (N-methyl/N-ethyl adjacent to an activating group) is 1. The standard InChI is InChI=1S/C21H27N3O3S/c1-15-4-7-18(14-16(15)2)23-28(26,27)20-10-5-17(6-11-20)21(25)22-12-13-24(3)19-8-9-19/h4-7,10-11,14,19,23H,8-9,12-13H2,1-3H3,(H,22,25). The van der Waals surface area contributed by atoms with Gasteiger partial charge in [0.05, 0.1) is 4.90 Å². The molecule has 1 saturated carbocycles. The quantitative estimate of drug-likeness (QED) is 0.713. The average molecular weight is 402 g/mol. The van der Waals surface area contributed by atoms with E-state index in [2.05, 4.69) is 22.0 Å². The number of hydrogen-bond donors (Lipinski definition) is 2. The number of rotatable bonds is 8. The summed E-state index contributed by atoms with van der Waals surface area (Å²) in [6.45, 7) is 5.29. The van der Waals surface area contributed by atoms with Crippen molar-refractivity contribution in [2.45, 2.75) is 37.6 Å². The van der Waals surface area contributed by atoms with Gasteiger partial charge >= 0.3 is 0 Å². The first kappa shape index (κ1) is 20.4. The lowest BCUT2D eigenvalue weighted by Crippen LogP contribution is -2.33. The van der Waals surface area contributed by atoms with Crippen molar-refractivity contribution in [1.82, 2.24) is 10.2 Å². The van der Waals surface area contributed by atoms with E-state index in [1.807, 2.05) is 19.9 Å². The van der Waals surface area contributed by atoms with Crippen LogP contribution in [-0.4, -0.2) is 45.4 Å². The highest BCUT2D eigenvalue weighted by molar-refractivity contribution is 7.92. The molecule has 2 aromatic carbocycles. The van der Waals surface area contributed by atoms with E-state index in [-0.39, 0.29) is 10.8 Å². The molecule has 0 unspecified atom stereocenters. The van der Waals surface area contributed by atoms with Gasteiger partial charge in [-0.15, -0.1) is 0 Å².